The number of fused-ring (bicyclic) bond motifs is 4. The molecule has 8 rings (SSSR count). The molecule has 0 atom stereocenters. The fourth-order valence-corrected chi connectivity index (χ4v) is 5.64. The Bertz CT molecular complexity index is 2370. The topological polar surface area (TPSA) is 43.6 Å². The van der Waals surface area contributed by atoms with E-state index in [2.05, 4.69) is 18.2 Å². The van der Waals surface area contributed by atoms with Crippen LogP contribution in [0.2, 0.25) is 5.02 Å². The zero-order chi connectivity index (χ0) is 30.7. The first-order valence-corrected chi connectivity index (χ1v) is 14.0. The molecule has 42 heavy (non-hydrogen) atoms. The van der Waals surface area contributed by atoms with Crippen molar-refractivity contribution in [3.8, 4) is 39.9 Å². The lowest BCUT2D eigenvalue weighted by Gasteiger charge is -2.13. The number of hydrogen-bond acceptors (Lipinski definition) is 3. The molecule has 0 radical (unpaired) electrons. The molecular weight excluding hydrogens is 536 g/mol. The van der Waals surface area contributed by atoms with Gasteiger partial charge in [-0.2, -0.15) is 0 Å². The Morgan fingerprint density at radius 3 is 1.81 bits per heavy atom. The lowest BCUT2D eigenvalue weighted by Crippen LogP contribution is -2.01. The molecule has 2 aromatic heterocycles. The summed E-state index contributed by atoms with van der Waals surface area (Å²) in [6.07, 6.45) is 0. The highest BCUT2D eigenvalue weighted by Gasteiger charge is 2.18. The average molecular weight is 562 g/mol. The van der Waals surface area contributed by atoms with Crippen LogP contribution in [0.4, 0.5) is 0 Å². The summed E-state index contributed by atoms with van der Waals surface area (Å²) in [6.45, 7) is 0. The molecule has 5 heteroatoms. The third-order valence-electron chi connectivity index (χ3n) is 7.44. The standard InChI is InChI=1S/C37H23ClN4/c38-32-20-19-28(42-33-18-10-9-17-29(33)30-21-26-15-7-8-16-27(26)22-34(30)42)23-31(32)37-40-35(24-11-3-1-4-12-24)39-36(41-37)25-13-5-2-6-14-25/h1-23H/i19D,20D,23D. The number of hydrogen-bond donors (Lipinski definition) is 0. The predicted octanol–water partition coefficient (Wildman–Crippen LogP) is 9.78. The molecule has 0 saturated heterocycles. The van der Waals surface area contributed by atoms with E-state index in [1.807, 2.05) is 108 Å². The first kappa shape index (κ1) is 21.4. The molecule has 0 spiro atoms. The maximum Gasteiger partial charge on any atom is 0.165 e. The highest BCUT2D eigenvalue weighted by atomic mass is 35.5. The Kier molecular flexibility index (Phi) is 5.08. The number of benzene rings is 6. The van der Waals surface area contributed by atoms with Crippen molar-refractivity contribution in [1.29, 1.82) is 0 Å². The van der Waals surface area contributed by atoms with Crippen LogP contribution in [-0.2, 0) is 0 Å². The lowest BCUT2D eigenvalue weighted by atomic mass is 10.1. The number of nitrogens with zero attached hydrogens (tertiary/aromatic N) is 4. The van der Waals surface area contributed by atoms with E-state index in [4.69, 9.17) is 29.3 Å². The Morgan fingerprint density at radius 2 is 1.12 bits per heavy atom. The summed E-state index contributed by atoms with van der Waals surface area (Å²) >= 11 is 6.85. The van der Waals surface area contributed by atoms with Gasteiger partial charge in [0.2, 0.25) is 0 Å². The Morgan fingerprint density at radius 1 is 0.548 bits per heavy atom. The smallest absolute Gasteiger partial charge is 0.165 e. The number of rotatable bonds is 4. The van der Waals surface area contributed by atoms with Crippen LogP contribution in [0.15, 0.2) is 139 Å². The minimum absolute atomic E-state index is 0.0407. The molecular formula is C37H23ClN4. The van der Waals surface area contributed by atoms with Gasteiger partial charge in [-0.15, -0.1) is 0 Å². The van der Waals surface area contributed by atoms with Crippen LogP contribution in [-0.4, -0.2) is 19.5 Å². The molecule has 4 nitrogen and oxygen atoms in total. The Hall–Kier alpha value is -5.32. The largest absolute Gasteiger partial charge is 0.309 e. The summed E-state index contributed by atoms with van der Waals surface area (Å²) in [5, 5.41) is 4.05. The van der Waals surface area contributed by atoms with Crippen LogP contribution in [0.5, 0.6) is 0 Å². The van der Waals surface area contributed by atoms with E-state index in [1.165, 1.54) is 0 Å². The summed E-state index contributed by atoms with van der Waals surface area (Å²) in [6, 6.07) is 39.0. The van der Waals surface area contributed by atoms with Crippen molar-refractivity contribution in [1.82, 2.24) is 19.5 Å². The van der Waals surface area contributed by atoms with Gasteiger partial charge in [-0.25, -0.2) is 15.0 Å². The third kappa shape index (κ3) is 4.12. The second kappa shape index (κ2) is 9.95. The van der Waals surface area contributed by atoms with Gasteiger partial charge < -0.3 is 4.57 Å². The highest BCUT2D eigenvalue weighted by Crippen LogP contribution is 2.37. The molecule has 2 heterocycles. The molecule has 198 valence electrons. The van der Waals surface area contributed by atoms with Crippen molar-refractivity contribution in [3.63, 3.8) is 0 Å². The van der Waals surface area contributed by atoms with E-state index >= 15 is 0 Å². The summed E-state index contributed by atoms with van der Waals surface area (Å²) in [4.78, 5) is 14.4. The van der Waals surface area contributed by atoms with E-state index in [9.17, 15) is 1.37 Å². The number of para-hydroxylation sites is 1. The number of aromatic nitrogens is 4. The van der Waals surface area contributed by atoms with Crippen molar-refractivity contribution in [2.75, 3.05) is 0 Å². The summed E-state index contributed by atoms with van der Waals surface area (Å²) in [5.41, 5.74) is 3.62. The first-order chi connectivity index (χ1) is 22.0. The zero-order valence-electron chi connectivity index (χ0n) is 25.2. The van der Waals surface area contributed by atoms with Gasteiger partial charge in [0.25, 0.3) is 0 Å². The van der Waals surface area contributed by atoms with Crippen LogP contribution in [0.25, 0.3) is 72.4 Å². The lowest BCUT2D eigenvalue weighted by molar-refractivity contribution is 1.07. The maximum absolute atomic E-state index is 9.59. The van der Waals surface area contributed by atoms with Crippen LogP contribution in [0, 0.1) is 0 Å². The van der Waals surface area contributed by atoms with E-state index in [0.29, 0.717) is 11.6 Å². The normalized spacial score (nSPS) is 12.5. The molecule has 0 aliphatic carbocycles. The molecule has 0 aliphatic rings. The van der Waals surface area contributed by atoms with Crippen molar-refractivity contribution in [2.45, 2.75) is 0 Å². The molecule has 0 bridgehead atoms. The van der Waals surface area contributed by atoms with Crippen molar-refractivity contribution >= 4 is 44.2 Å². The molecule has 6 aromatic carbocycles. The van der Waals surface area contributed by atoms with Gasteiger partial charge in [0, 0.05) is 33.2 Å². The molecule has 8 aromatic rings. The van der Waals surface area contributed by atoms with E-state index in [0.717, 1.165) is 43.7 Å². The van der Waals surface area contributed by atoms with Crippen molar-refractivity contribution in [2.24, 2.45) is 0 Å². The van der Waals surface area contributed by atoms with Gasteiger partial charge in [0.1, 0.15) is 0 Å². The minimum atomic E-state index is -0.202. The first-order valence-electron chi connectivity index (χ1n) is 15.1. The molecule has 0 unspecified atom stereocenters. The Balaban J connectivity index is 1.46. The van der Waals surface area contributed by atoms with Crippen LogP contribution < -0.4 is 0 Å². The SMILES string of the molecule is [2H]c1c([2H])c(-n2c3ccccc3c3cc4ccccc4cc32)c([2H])c(-c2nc(-c3ccccc3)nc(-c3ccccc3)n2)c1Cl. The minimum Gasteiger partial charge on any atom is -0.309 e. The third-order valence-corrected chi connectivity index (χ3v) is 7.72. The monoisotopic (exact) mass is 561 g/mol. The average Bonchev–Trinajstić information content (AvgIpc) is 3.40. The molecule has 0 amide bonds. The molecule has 0 fully saturated rings. The second-order valence-corrected chi connectivity index (χ2v) is 10.4. The van der Waals surface area contributed by atoms with E-state index in [1.54, 1.807) is 0 Å². The van der Waals surface area contributed by atoms with Crippen LogP contribution in [0.3, 0.4) is 0 Å². The highest BCUT2D eigenvalue weighted by molar-refractivity contribution is 6.33. The van der Waals surface area contributed by atoms with Gasteiger partial charge in [0.15, 0.2) is 17.5 Å². The predicted molar refractivity (Wildman–Crippen MR) is 173 cm³/mol. The van der Waals surface area contributed by atoms with Crippen LogP contribution >= 0.6 is 11.6 Å². The van der Waals surface area contributed by atoms with E-state index < -0.39 is 0 Å². The van der Waals surface area contributed by atoms with Gasteiger partial charge in [-0.3, -0.25) is 0 Å². The number of halogens is 1. The molecule has 0 N–H and O–H groups in total. The van der Waals surface area contributed by atoms with Gasteiger partial charge in [-0.05, 0) is 47.1 Å². The van der Waals surface area contributed by atoms with Gasteiger partial charge >= 0.3 is 0 Å². The summed E-state index contributed by atoms with van der Waals surface area (Å²) in [5.74, 6) is 1.00. The maximum atomic E-state index is 9.59. The van der Waals surface area contributed by atoms with Crippen molar-refractivity contribution < 1.29 is 4.11 Å². The van der Waals surface area contributed by atoms with Gasteiger partial charge in [0.05, 0.1) is 20.2 Å². The van der Waals surface area contributed by atoms with Crippen molar-refractivity contribution in [3.05, 3.63) is 144 Å². The Labute approximate surface area is 251 Å². The fourth-order valence-electron chi connectivity index (χ4n) is 5.46. The van der Waals surface area contributed by atoms with E-state index in [-0.39, 0.29) is 40.2 Å². The summed E-state index contributed by atoms with van der Waals surface area (Å²) < 4.78 is 29.6. The van der Waals surface area contributed by atoms with Crippen LogP contribution in [0.1, 0.15) is 4.11 Å². The van der Waals surface area contributed by atoms with Gasteiger partial charge in [-0.1, -0.05) is 115 Å². The fraction of sp³-hybridized carbons (Fsp3) is 0. The molecule has 0 saturated carbocycles. The second-order valence-electron chi connectivity index (χ2n) is 10.0. The summed E-state index contributed by atoms with van der Waals surface area (Å²) in [7, 11) is 0. The zero-order valence-corrected chi connectivity index (χ0v) is 23.0. The molecule has 0 aliphatic heterocycles. The quantitative estimate of drug-likeness (QED) is 0.215.